The Morgan fingerprint density at radius 1 is 1.20 bits per heavy atom. The topological polar surface area (TPSA) is 12.0 Å². The van der Waals surface area contributed by atoms with Crippen molar-refractivity contribution in [3.63, 3.8) is 0 Å². The first-order valence-corrected chi connectivity index (χ1v) is 9.99. The summed E-state index contributed by atoms with van der Waals surface area (Å²) >= 11 is 0. The van der Waals surface area contributed by atoms with Gasteiger partial charge in [0.05, 0.1) is 0 Å². The second-order valence-corrected chi connectivity index (χ2v) is 7.87. The summed E-state index contributed by atoms with van der Waals surface area (Å²) in [6, 6.07) is 6.78. The molecule has 1 saturated carbocycles. The van der Waals surface area contributed by atoms with Crippen LogP contribution in [0, 0.1) is 5.92 Å². The lowest BCUT2D eigenvalue weighted by molar-refractivity contribution is 0.681. The van der Waals surface area contributed by atoms with Crippen LogP contribution in [0.2, 0.25) is 0 Å². The molecular formula is C23H32BN. The van der Waals surface area contributed by atoms with Crippen LogP contribution in [0.15, 0.2) is 49.2 Å². The lowest BCUT2D eigenvalue weighted by Crippen LogP contribution is -2.40. The number of hydrogen-bond donors (Lipinski definition) is 1. The van der Waals surface area contributed by atoms with E-state index in [1.807, 2.05) is 0 Å². The van der Waals surface area contributed by atoms with Crippen LogP contribution in [-0.4, -0.2) is 13.2 Å². The molecule has 1 aromatic rings. The van der Waals surface area contributed by atoms with E-state index in [0.717, 1.165) is 37.2 Å². The number of rotatable bonds is 9. The van der Waals surface area contributed by atoms with Crippen LogP contribution in [0.3, 0.4) is 0 Å². The number of benzene rings is 1. The van der Waals surface area contributed by atoms with Crippen molar-refractivity contribution in [2.45, 2.75) is 64.1 Å². The summed E-state index contributed by atoms with van der Waals surface area (Å²) in [6.45, 7) is 14.9. The molecule has 2 aliphatic rings. The number of hydrogen-bond acceptors (Lipinski definition) is 1. The second-order valence-electron chi connectivity index (χ2n) is 7.87. The van der Waals surface area contributed by atoms with Gasteiger partial charge in [0.25, 0.3) is 0 Å². The summed E-state index contributed by atoms with van der Waals surface area (Å²) in [5, 5.41) is 3.59. The van der Waals surface area contributed by atoms with Crippen LogP contribution < -0.4 is 5.32 Å². The summed E-state index contributed by atoms with van der Waals surface area (Å²) in [7, 11) is 1.19. The first-order valence-electron chi connectivity index (χ1n) is 9.99. The molecule has 132 valence electrons. The van der Waals surface area contributed by atoms with E-state index in [4.69, 9.17) is 0 Å². The first-order chi connectivity index (χ1) is 12.1. The average Bonchev–Trinajstić information content (AvgIpc) is 3.45. The number of fused-ring (bicyclic) bond motifs is 1. The zero-order valence-corrected chi connectivity index (χ0v) is 15.9. The Morgan fingerprint density at radius 2 is 2.00 bits per heavy atom. The van der Waals surface area contributed by atoms with Crippen LogP contribution in [-0.2, 0) is 12.7 Å². The third kappa shape index (κ3) is 4.68. The Kier molecular flexibility index (Phi) is 5.88. The minimum atomic E-state index is 0.533. The summed E-state index contributed by atoms with van der Waals surface area (Å²) in [5.41, 5.74) is 8.37. The minimum absolute atomic E-state index is 0.533. The standard InChI is InChI=1S/C23H32BN/c1-5-18(4)25-23-14-20-10-7-11-21(22(20)15-24-23)17(3)9-6-8-16(2)19-12-13-19/h7,10-11,19,23-25H,2-6,8-9,12-15H2,1H3. The maximum absolute atomic E-state index is 4.41. The van der Waals surface area contributed by atoms with Gasteiger partial charge in [-0.25, -0.2) is 0 Å². The van der Waals surface area contributed by atoms with Crippen LogP contribution in [0.1, 0.15) is 62.1 Å². The van der Waals surface area contributed by atoms with E-state index in [-0.39, 0.29) is 0 Å². The van der Waals surface area contributed by atoms with Crippen LogP contribution in [0.25, 0.3) is 5.57 Å². The van der Waals surface area contributed by atoms with Crippen molar-refractivity contribution in [2.24, 2.45) is 5.92 Å². The van der Waals surface area contributed by atoms with E-state index in [1.54, 1.807) is 0 Å². The van der Waals surface area contributed by atoms with Gasteiger partial charge in [-0.2, -0.15) is 0 Å². The molecule has 0 saturated heterocycles. The van der Waals surface area contributed by atoms with Gasteiger partial charge >= 0.3 is 0 Å². The maximum Gasteiger partial charge on any atom is 0.153 e. The molecule has 1 unspecified atom stereocenters. The molecule has 1 atom stereocenters. The minimum Gasteiger partial charge on any atom is -0.393 e. The summed E-state index contributed by atoms with van der Waals surface area (Å²) in [4.78, 5) is 0. The first kappa shape index (κ1) is 18.1. The molecule has 1 aromatic carbocycles. The van der Waals surface area contributed by atoms with E-state index in [0.29, 0.717) is 5.94 Å². The molecule has 1 N–H and O–H groups in total. The lowest BCUT2D eigenvalue weighted by atomic mass is 9.57. The van der Waals surface area contributed by atoms with Gasteiger partial charge in [0.2, 0.25) is 0 Å². The summed E-state index contributed by atoms with van der Waals surface area (Å²) in [5.74, 6) is 1.37. The largest absolute Gasteiger partial charge is 0.393 e. The quantitative estimate of drug-likeness (QED) is 0.486. The average molecular weight is 333 g/mol. The fourth-order valence-corrected chi connectivity index (χ4v) is 4.01. The monoisotopic (exact) mass is 333 g/mol. The van der Waals surface area contributed by atoms with Gasteiger partial charge in [-0.05, 0) is 79.4 Å². The molecule has 0 aromatic heterocycles. The second kappa shape index (κ2) is 8.12. The maximum atomic E-state index is 4.41. The van der Waals surface area contributed by atoms with E-state index >= 15 is 0 Å². The van der Waals surface area contributed by atoms with E-state index < -0.39 is 0 Å². The van der Waals surface area contributed by atoms with Crippen LogP contribution >= 0.6 is 0 Å². The normalized spacial score (nSPS) is 18.8. The predicted molar refractivity (Wildman–Crippen MR) is 112 cm³/mol. The fraction of sp³-hybridized carbons (Fsp3) is 0.478. The molecule has 1 fully saturated rings. The van der Waals surface area contributed by atoms with E-state index in [9.17, 15) is 0 Å². The molecule has 2 heteroatoms. The third-order valence-corrected chi connectivity index (χ3v) is 5.83. The molecule has 25 heavy (non-hydrogen) atoms. The highest BCUT2D eigenvalue weighted by molar-refractivity contribution is 6.38. The molecule has 0 amide bonds. The Morgan fingerprint density at radius 3 is 2.72 bits per heavy atom. The van der Waals surface area contributed by atoms with Crippen molar-refractivity contribution in [2.75, 3.05) is 0 Å². The SMILES string of the molecule is C=C(CC)NC1BCc2c(cccc2C(=C)CCCC(=C)C2CC2)C1. The van der Waals surface area contributed by atoms with Crippen molar-refractivity contribution >= 4 is 12.9 Å². The molecule has 0 bridgehead atoms. The number of allylic oxidation sites excluding steroid dienone is 3. The Hall–Kier alpha value is -1.70. The highest BCUT2D eigenvalue weighted by Gasteiger charge is 2.24. The molecular weight excluding hydrogens is 301 g/mol. The van der Waals surface area contributed by atoms with Gasteiger partial charge in [-0.3, -0.25) is 0 Å². The van der Waals surface area contributed by atoms with Gasteiger partial charge in [0, 0.05) is 11.6 Å². The predicted octanol–water partition coefficient (Wildman–Crippen LogP) is 5.17. The van der Waals surface area contributed by atoms with Crippen molar-refractivity contribution in [1.82, 2.24) is 5.32 Å². The summed E-state index contributed by atoms with van der Waals surface area (Å²) < 4.78 is 0. The number of nitrogens with one attached hydrogen (secondary N) is 1. The molecule has 0 radical (unpaired) electrons. The van der Waals surface area contributed by atoms with Crippen molar-refractivity contribution in [3.8, 4) is 0 Å². The summed E-state index contributed by atoms with van der Waals surface area (Å²) in [6.07, 6.45) is 9.45. The highest BCUT2D eigenvalue weighted by atomic mass is 14.9. The van der Waals surface area contributed by atoms with Gasteiger partial charge < -0.3 is 5.32 Å². The van der Waals surface area contributed by atoms with Gasteiger partial charge in [0.1, 0.15) is 0 Å². The Balaban J connectivity index is 1.59. The van der Waals surface area contributed by atoms with Crippen molar-refractivity contribution in [1.29, 1.82) is 0 Å². The Labute approximate surface area is 154 Å². The van der Waals surface area contributed by atoms with Gasteiger partial charge in [0.15, 0.2) is 7.28 Å². The molecule has 1 nitrogen and oxygen atoms in total. The van der Waals surface area contributed by atoms with E-state index in [1.165, 1.54) is 60.8 Å². The van der Waals surface area contributed by atoms with Crippen molar-refractivity contribution < 1.29 is 0 Å². The smallest absolute Gasteiger partial charge is 0.153 e. The van der Waals surface area contributed by atoms with Gasteiger partial charge in [-0.15, -0.1) is 0 Å². The van der Waals surface area contributed by atoms with Crippen molar-refractivity contribution in [3.05, 3.63) is 65.9 Å². The lowest BCUT2D eigenvalue weighted by Gasteiger charge is -2.28. The molecule has 3 rings (SSSR count). The third-order valence-electron chi connectivity index (χ3n) is 5.83. The van der Waals surface area contributed by atoms with E-state index in [2.05, 4.69) is 50.2 Å². The van der Waals surface area contributed by atoms with Crippen LogP contribution in [0.4, 0.5) is 0 Å². The van der Waals surface area contributed by atoms with Crippen LogP contribution in [0.5, 0.6) is 0 Å². The Bertz CT molecular complexity index is 669. The molecule has 0 spiro atoms. The zero-order chi connectivity index (χ0) is 17.8. The zero-order valence-electron chi connectivity index (χ0n) is 15.9. The molecule has 1 heterocycles. The fourth-order valence-electron chi connectivity index (χ4n) is 4.01. The highest BCUT2D eigenvalue weighted by Crippen LogP contribution is 2.38. The molecule has 1 aliphatic heterocycles. The molecule has 1 aliphatic carbocycles. The van der Waals surface area contributed by atoms with Gasteiger partial charge in [-0.1, -0.05) is 50.4 Å².